The van der Waals surface area contributed by atoms with Crippen LogP contribution >= 0.6 is 11.6 Å². The molecule has 0 saturated carbocycles. The van der Waals surface area contributed by atoms with Gasteiger partial charge in [0.05, 0.1) is 24.9 Å². The van der Waals surface area contributed by atoms with E-state index in [4.69, 9.17) is 31.0 Å². The lowest BCUT2D eigenvalue weighted by atomic mass is 10.1. The van der Waals surface area contributed by atoms with Crippen LogP contribution < -0.4 is 29.5 Å². The molecule has 2 aliphatic rings. The number of ether oxygens (including phenoxy) is 2. The van der Waals surface area contributed by atoms with E-state index in [2.05, 4.69) is 37.1 Å². The highest BCUT2D eigenvalue weighted by atomic mass is 35.5. The van der Waals surface area contributed by atoms with Crippen LogP contribution in [0, 0.1) is 0 Å². The fraction of sp³-hybridized carbons (Fsp3) is 0.370. The lowest BCUT2D eigenvalue weighted by Crippen LogP contribution is -2.47. The van der Waals surface area contributed by atoms with Gasteiger partial charge < -0.3 is 33.9 Å². The van der Waals surface area contributed by atoms with Crippen LogP contribution in [0.1, 0.15) is 0 Å². The predicted octanol–water partition coefficient (Wildman–Crippen LogP) is 3.20. The Morgan fingerprint density at radius 1 is 0.842 bits per heavy atom. The number of halogens is 1. The van der Waals surface area contributed by atoms with Gasteiger partial charge in [0, 0.05) is 94.3 Å². The molecule has 0 bridgehead atoms. The number of piperazine rings is 2. The molecule has 2 aliphatic heterocycles. The van der Waals surface area contributed by atoms with E-state index < -0.39 is 0 Å². The highest BCUT2D eigenvalue weighted by Crippen LogP contribution is 2.38. The molecule has 0 unspecified atom stereocenters. The molecule has 1 aromatic carbocycles. The first-order chi connectivity index (χ1) is 18.6. The van der Waals surface area contributed by atoms with Crippen LogP contribution in [0.15, 0.2) is 48.9 Å². The zero-order chi connectivity index (χ0) is 26.1. The number of rotatable bonds is 6. The normalized spacial score (nSPS) is 16.2. The molecule has 198 valence electrons. The van der Waals surface area contributed by atoms with Crippen LogP contribution in [0.2, 0.25) is 5.02 Å². The minimum absolute atomic E-state index is 0.515. The number of pyridine rings is 1. The standard InChI is InChI=1S/C27H31ClN8O2/c1-37-23-17-24(38-2)21(28)16-20(23)22-18-36-8-4-19(15-26(36)31-22)33-11-13-35(14-12-33)27-30-5-3-25(32-27)34-9-6-29-7-10-34/h3-5,8,15-18,29H,6-7,9-14H2,1-2H3. The first-order valence-electron chi connectivity index (χ1n) is 12.8. The molecule has 0 amide bonds. The summed E-state index contributed by atoms with van der Waals surface area (Å²) >= 11 is 6.40. The second-order valence-electron chi connectivity index (χ2n) is 9.39. The maximum Gasteiger partial charge on any atom is 0.227 e. The predicted molar refractivity (Wildman–Crippen MR) is 150 cm³/mol. The minimum Gasteiger partial charge on any atom is -0.496 e. The fourth-order valence-electron chi connectivity index (χ4n) is 5.08. The average molecular weight is 535 g/mol. The molecule has 2 fully saturated rings. The highest BCUT2D eigenvalue weighted by molar-refractivity contribution is 6.32. The van der Waals surface area contributed by atoms with E-state index in [1.165, 1.54) is 0 Å². The number of nitrogens with zero attached hydrogens (tertiary/aromatic N) is 7. The van der Waals surface area contributed by atoms with Crippen molar-refractivity contribution in [2.45, 2.75) is 0 Å². The number of nitrogens with one attached hydrogen (secondary N) is 1. The summed E-state index contributed by atoms with van der Waals surface area (Å²) in [6, 6.07) is 9.89. The molecular formula is C27H31ClN8O2. The molecule has 4 aromatic rings. The molecule has 11 heteroatoms. The third kappa shape index (κ3) is 4.77. The van der Waals surface area contributed by atoms with Gasteiger partial charge in [-0.3, -0.25) is 0 Å². The summed E-state index contributed by atoms with van der Waals surface area (Å²) in [5.41, 5.74) is 3.61. The Labute approximate surface area is 226 Å². The lowest BCUT2D eigenvalue weighted by Gasteiger charge is -2.36. The Morgan fingerprint density at radius 2 is 1.61 bits per heavy atom. The number of fused-ring (bicyclic) bond motifs is 1. The summed E-state index contributed by atoms with van der Waals surface area (Å²) in [5.74, 6) is 3.04. The summed E-state index contributed by atoms with van der Waals surface area (Å²) in [6.07, 6.45) is 5.91. The average Bonchev–Trinajstić information content (AvgIpc) is 3.41. The first-order valence-corrected chi connectivity index (χ1v) is 13.2. The number of benzene rings is 1. The van der Waals surface area contributed by atoms with Gasteiger partial charge >= 0.3 is 0 Å². The Balaban J connectivity index is 1.17. The van der Waals surface area contributed by atoms with Crippen LogP contribution in [0.4, 0.5) is 17.5 Å². The topological polar surface area (TPSA) is 83.3 Å². The van der Waals surface area contributed by atoms with Crippen LogP contribution in [0.25, 0.3) is 16.9 Å². The lowest BCUT2D eigenvalue weighted by molar-refractivity contribution is 0.395. The number of imidazole rings is 1. The molecular weight excluding hydrogens is 504 g/mol. The van der Waals surface area contributed by atoms with E-state index in [0.29, 0.717) is 16.5 Å². The van der Waals surface area contributed by atoms with Gasteiger partial charge in [-0.2, -0.15) is 4.98 Å². The van der Waals surface area contributed by atoms with Crippen molar-refractivity contribution < 1.29 is 9.47 Å². The molecule has 1 N–H and O–H groups in total. The summed E-state index contributed by atoms with van der Waals surface area (Å²) in [4.78, 5) is 21.3. The van der Waals surface area contributed by atoms with E-state index >= 15 is 0 Å². The Morgan fingerprint density at radius 3 is 2.37 bits per heavy atom. The van der Waals surface area contributed by atoms with Crippen molar-refractivity contribution in [2.75, 3.05) is 81.3 Å². The number of methoxy groups -OCH3 is 2. The van der Waals surface area contributed by atoms with Gasteiger partial charge in [0.1, 0.15) is 23.0 Å². The third-order valence-electron chi connectivity index (χ3n) is 7.19. The van der Waals surface area contributed by atoms with Crippen molar-refractivity contribution in [1.29, 1.82) is 0 Å². The van der Waals surface area contributed by atoms with E-state index in [1.54, 1.807) is 20.3 Å². The van der Waals surface area contributed by atoms with Gasteiger partial charge in [0.2, 0.25) is 5.95 Å². The van der Waals surface area contributed by atoms with Crippen LogP contribution in [0.3, 0.4) is 0 Å². The Bertz CT molecular complexity index is 1430. The molecule has 0 atom stereocenters. The van der Waals surface area contributed by atoms with Crippen LogP contribution in [-0.2, 0) is 0 Å². The maximum atomic E-state index is 6.40. The van der Waals surface area contributed by atoms with E-state index in [9.17, 15) is 0 Å². The highest BCUT2D eigenvalue weighted by Gasteiger charge is 2.22. The van der Waals surface area contributed by atoms with Crippen molar-refractivity contribution >= 4 is 34.7 Å². The molecule has 0 spiro atoms. The Hall–Kier alpha value is -3.76. The van der Waals surface area contributed by atoms with Gasteiger partial charge in [0.15, 0.2) is 0 Å². The fourth-order valence-corrected chi connectivity index (χ4v) is 5.32. The van der Waals surface area contributed by atoms with Crippen molar-refractivity contribution in [3.05, 3.63) is 53.9 Å². The molecule has 5 heterocycles. The van der Waals surface area contributed by atoms with Crippen LogP contribution in [0.5, 0.6) is 11.5 Å². The zero-order valence-electron chi connectivity index (χ0n) is 21.6. The SMILES string of the molecule is COc1cc(OC)c(-c2cn3ccc(N4CCN(c5nccc(N6CCNCC6)n5)CC4)cc3n2)cc1Cl. The van der Waals surface area contributed by atoms with E-state index in [-0.39, 0.29) is 0 Å². The molecule has 3 aromatic heterocycles. The van der Waals surface area contributed by atoms with Gasteiger partial charge in [-0.1, -0.05) is 11.6 Å². The summed E-state index contributed by atoms with van der Waals surface area (Å²) in [6.45, 7) is 7.40. The number of hydrogen-bond donors (Lipinski definition) is 1. The van der Waals surface area contributed by atoms with E-state index in [1.807, 2.05) is 35.1 Å². The largest absolute Gasteiger partial charge is 0.496 e. The van der Waals surface area contributed by atoms with Crippen molar-refractivity contribution in [3.63, 3.8) is 0 Å². The quantitative estimate of drug-likeness (QED) is 0.401. The first kappa shape index (κ1) is 24.6. The van der Waals surface area contributed by atoms with E-state index in [0.717, 1.165) is 86.7 Å². The third-order valence-corrected chi connectivity index (χ3v) is 7.49. The molecule has 38 heavy (non-hydrogen) atoms. The van der Waals surface area contributed by atoms with Gasteiger partial charge in [-0.05, 0) is 18.2 Å². The summed E-state index contributed by atoms with van der Waals surface area (Å²) in [7, 11) is 3.22. The van der Waals surface area contributed by atoms with Crippen molar-refractivity contribution in [1.82, 2.24) is 24.7 Å². The minimum atomic E-state index is 0.515. The van der Waals surface area contributed by atoms with Crippen molar-refractivity contribution in [3.8, 4) is 22.8 Å². The molecule has 6 rings (SSSR count). The smallest absolute Gasteiger partial charge is 0.227 e. The monoisotopic (exact) mass is 534 g/mol. The molecule has 0 radical (unpaired) electrons. The zero-order valence-corrected chi connectivity index (χ0v) is 22.4. The van der Waals surface area contributed by atoms with Gasteiger partial charge in [-0.25, -0.2) is 9.97 Å². The van der Waals surface area contributed by atoms with Gasteiger partial charge in [0.25, 0.3) is 0 Å². The van der Waals surface area contributed by atoms with Gasteiger partial charge in [-0.15, -0.1) is 0 Å². The molecule has 10 nitrogen and oxygen atoms in total. The van der Waals surface area contributed by atoms with Crippen molar-refractivity contribution in [2.24, 2.45) is 0 Å². The molecule has 0 aliphatic carbocycles. The second kappa shape index (κ2) is 10.5. The summed E-state index contributed by atoms with van der Waals surface area (Å²) < 4.78 is 12.9. The number of anilines is 3. The second-order valence-corrected chi connectivity index (χ2v) is 9.80. The number of aromatic nitrogens is 4. The number of hydrogen-bond acceptors (Lipinski definition) is 9. The molecule has 2 saturated heterocycles. The van der Waals surface area contributed by atoms with Crippen LogP contribution in [-0.4, -0.2) is 85.9 Å². The summed E-state index contributed by atoms with van der Waals surface area (Å²) in [5, 5.41) is 3.91. The maximum absolute atomic E-state index is 6.40. The Kier molecular flexibility index (Phi) is 6.82.